The zero-order valence-electron chi connectivity index (χ0n) is 17.1. The second kappa shape index (κ2) is 8.68. The number of hydrogen-bond acceptors (Lipinski definition) is 6. The van der Waals surface area contributed by atoms with Crippen molar-refractivity contribution in [3.05, 3.63) is 70.2 Å². The summed E-state index contributed by atoms with van der Waals surface area (Å²) >= 11 is 6.47. The van der Waals surface area contributed by atoms with E-state index >= 15 is 0 Å². The Morgan fingerprint density at radius 3 is 2.87 bits per heavy atom. The first-order valence-corrected chi connectivity index (χ1v) is 10.6. The van der Waals surface area contributed by atoms with Crippen LogP contribution in [0.1, 0.15) is 25.3 Å². The number of phenolic OH excluding ortho intramolecular Hbond substituents is 1. The molecule has 1 aromatic carbocycles. The Morgan fingerprint density at radius 2 is 2.17 bits per heavy atom. The van der Waals surface area contributed by atoms with Crippen molar-refractivity contribution in [2.24, 2.45) is 10.7 Å². The van der Waals surface area contributed by atoms with Gasteiger partial charge in [-0.05, 0) is 55.2 Å². The first-order chi connectivity index (χ1) is 14.5. The second-order valence-electron chi connectivity index (χ2n) is 7.65. The normalized spacial score (nSPS) is 19.7. The van der Waals surface area contributed by atoms with Crippen LogP contribution in [-0.4, -0.2) is 48.2 Å². The van der Waals surface area contributed by atoms with Crippen LogP contribution in [0.15, 0.2) is 64.6 Å². The van der Waals surface area contributed by atoms with Crippen molar-refractivity contribution in [1.82, 2.24) is 10.2 Å². The average Bonchev–Trinajstić information content (AvgIpc) is 2.74. The van der Waals surface area contributed by atoms with Crippen molar-refractivity contribution < 1.29 is 9.84 Å². The van der Waals surface area contributed by atoms with Crippen molar-refractivity contribution >= 4 is 23.0 Å². The highest BCUT2D eigenvalue weighted by molar-refractivity contribution is 6.33. The molecule has 1 saturated heterocycles. The molecule has 158 valence electrons. The summed E-state index contributed by atoms with van der Waals surface area (Å²) in [5.74, 6) is 1.01. The molecule has 3 aliphatic heterocycles. The molecule has 4 rings (SSSR count). The molecule has 0 atom stereocenters. The molecule has 6 nitrogen and oxygen atoms in total. The largest absolute Gasteiger partial charge is 0.508 e. The Labute approximate surface area is 182 Å². The van der Waals surface area contributed by atoms with Crippen molar-refractivity contribution in [2.75, 3.05) is 26.3 Å². The number of nitrogens with two attached hydrogens (primary N) is 1. The van der Waals surface area contributed by atoms with E-state index in [0.717, 1.165) is 65.6 Å². The zero-order valence-corrected chi connectivity index (χ0v) is 17.9. The van der Waals surface area contributed by atoms with E-state index in [1.807, 2.05) is 19.2 Å². The fourth-order valence-corrected chi connectivity index (χ4v) is 4.41. The first-order valence-electron chi connectivity index (χ1n) is 10.2. The Balaban J connectivity index is 1.69. The van der Waals surface area contributed by atoms with Gasteiger partial charge in [0.2, 0.25) is 0 Å². The summed E-state index contributed by atoms with van der Waals surface area (Å²) in [5, 5.41) is 13.8. The van der Waals surface area contributed by atoms with Crippen LogP contribution in [0.2, 0.25) is 5.02 Å². The van der Waals surface area contributed by atoms with E-state index in [1.54, 1.807) is 12.1 Å². The zero-order chi connectivity index (χ0) is 21.3. The SMILES string of the molecule is C=C(NC1CCOCC1)C1=CCN=C2C(C)=C(CN)C(c3ccc(O)cc3Cl)=CN12. The van der Waals surface area contributed by atoms with Gasteiger partial charge in [0.05, 0.1) is 23.0 Å². The summed E-state index contributed by atoms with van der Waals surface area (Å²) in [4.78, 5) is 6.78. The van der Waals surface area contributed by atoms with Crippen LogP contribution in [0.3, 0.4) is 0 Å². The number of hydrogen-bond donors (Lipinski definition) is 3. The maximum Gasteiger partial charge on any atom is 0.135 e. The molecule has 0 saturated carbocycles. The van der Waals surface area contributed by atoms with Crippen LogP contribution in [-0.2, 0) is 4.74 Å². The van der Waals surface area contributed by atoms with Crippen molar-refractivity contribution in [2.45, 2.75) is 25.8 Å². The van der Waals surface area contributed by atoms with Crippen LogP contribution >= 0.6 is 11.6 Å². The van der Waals surface area contributed by atoms with Gasteiger partial charge in [0, 0.05) is 43.1 Å². The van der Waals surface area contributed by atoms with Gasteiger partial charge in [-0.1, -0.05) is 18.2 Å². The van der Waals surface area contributed by atoms with E-state index < -0.39 is 0 Å². The Bertz CT molecular complexity index is 987. The molecular formula is C23H27ClN4O2. The Hall–Kier alpha value is -2.54. The smallest absolute Gasteiger partial charge is 0.135 e. The quantitative estimate of drug-likeness (QED) is 0.670. The number of rotatable bonds is 5. The Morgan fingerprint density at radius 1 is 1.40 bits per heavy atom. The van der Waals surface area contributed by atoms with E-state index in [9.17, 15) is 5.11 Å². The molecule has 0 unspecified atom stereocenters. The summed E-state index contributed by atoms with van der Waals surface area (Å²) in [5.41, 5.74) is 11.7. The number of nitrogens with one attached hydrogen (secondary N) is 1. The molecule has 3 heterocycles. The topological polar surface area (TPSA) is 83.1 Å². The minimum absolute atomic E-state index is 0.130. The fraction of sp³-hybridized carbons (Fsp3) is 0.348. The highest BCUT2D eigenvalue weighted by Crippen LogP contribution is 2.38. The molecular weight excluding hydrogens is 400 g/mol. The summed E-state index contributed by atoms with van der Waals surface area (Å²) in [6.07, 6.45) is 6.03. The van der Waals surface area contributed by atoms with E-state index in [0.29, 0.717) is 24.2 Å². The van der Waals surface area contributed by atoms with Crippen LogP contribution in [0, 0.1) is 0 Å². The second-order valence-corrected chi connectivity index (χ2v) is 8.06. The van der Waals surface area contributed by atoms with Gasteiger partial charge < -0.3 is 20.9 Å². The van der Waals surface area contributed by atoms with Crippen LogP contribution in [0.25, 0.3) is 5.57 Å². The van der Waals surface area contributed by atoms with Crippen molar-refractivity contribution in [3.63, 3.8) is 0 Å². The van der Waals surface area contributed by atoms with Gasteiger partial charge in [-0.3, -0.25) is 9.89 Å². The van der Waals surface area contributed by atoms with Gasteiger partial charge in [-0.2, -0.15) is 0 Å². The van der Waals surface area contributed by atoms with Crippen molar-refractivity contribution in [3.8, 4) is 5.75 Å². The molecule has 0 amide bonds. The van der Waals surface area contributed by atoms with E-state index in [-0.39, 0.29) is 5.75 Å². The lowest BCUT2D eigenvalue weighted by Gasteiger charge is -2.36. The molecule has 0 aromatic heterocycles. The number of halogens is 1. The third-order valence-electron chi connectivity index (χ3n) is 5.74. The summed E-state index contributed by atoms with van der Waals surface area (Å²) in [7, 11) is 0. The predicted octanol–water partition coefficient (Wildman–Crippen LogP) is 3.56. The lowest BCUT2D eigenvalue weighted by atomic mass is 9.90. The number of benzene rings is 1. The monoisotopic (exact) mass is 426 g/mol. The first kappa shape index (κ1) is 20.7. The van der Waals surface area contributed by atoms with Crippen molar-refractivity contribution in [1.29, 1.82) is 0 Å². The molecule has 0 aliphatic carbocycles. The highest BCUT2D eigenvalue weighted by atomic mass is 35.5. The number of ether oxygens (including phenoxy) is 1. The van der Waals surface area contributed by atoms with E-state index in [1.165, 1.54) is 0 Å². The summed E-state index contributed by atoms with van der Waals surface area (Å²) in [6, 6.07) is 5.35. The van der Waals surface area contributed by atoms with Crippen LogP contribution in [0.4, 0.5) is 0 Å². The molecule has 1 aromatic rings. The Kier molecular flexibility index (Phi) is 5.99. The molecule has 4 N–H and O–H groups in total. The molecule has 0 spiro atoms. The number of nitrogens with zero attached hydrogens (tertiary/aromatic N) is 2. The number of aliphatic imine (C=N–C) groups is 1. The van der Waals surface area contributed by atoms with Gasteiger partial charge in [-0.25, -0.2) is 0 Å². The number of aromatic hydroxyl groups is 1. The van der Waals surface area contributed by atoms with Gasteiger partial charge in [0.1, 0.15) is 11.6 Å². The third-order valence-corrected chi connectivity index (χ3v) is 6.05. The maximum atomic E-state index is 9.76. The molecule has 3 aliphatic rings. The molecule has 1 fully saturated rings. The highest BCUT2D eigenvalue weighted by Gasteiger charge is 2.30. The third kappa shape index (κ3) is 3.90. The fourth-order valence-electron chi connectivity index (χ4n) is 4.13. The number of fused-ring (bicyclic) bond motifs is 1. The van der Waals surface area contributed by atoms with Gasteiger partial charge >= 0.3 is 0 Å². The van der Waals surface area contributed by atoms with Crippen LogP contribution in [0.5, 0.6) is 5.75 Å². The minimum atomic E-state index is 0.130. The summed E-state index contributed by atoms with van der Waals surface area (Å²) in [6.45, 7) is 8.84. The minimum Gasteiger partial charge on any atom is -0.508 e. The van der Waals surface area contributed by atoms with Gasteiger partial charge in [0.15, 0.2) is 0 Å². The number of amidine groups is 1. The van der Waals surface area contributed by atoms with Gasteiger partial charge in [-0.15, -0.1) is 0 Å². The van der Waals surface area contributed by atoms with Crippen LogP contribution < -0.4 is 11.1 Å². The maximum absolute atomic E-state index is 9.76. The molecule has 7 heteroatoms. The number of phenols is 1. The predicted molar refractivity (Wildman–Crippen MR) is 121 cm³/mol. The average molecular weight is 427 g/mol. The van der Waals surface area contributed by atoms with E-state index in [2.05, 4.69) is 22.9 Å². The standard InChI is InChI=1S/C23H27ClN4O2/c1-14-19(12-25)20(18-4-3-17(29)11-21(18)24)13-28-22(5-8-26-23(14)28)15(2)27-16-6-9-30-10-7-16/h3-5,11,13,16,27,29H,2,6-10,12,25H2,1H3. The lowest BCUT2D eigenvalue weighted by Crippen LogP contribution is -2.40. The summed E-state index contributed by atoms with van der Waals surface area (Å²) < 4.78 is 5.46. The van der Waals surface area contributed by atoms with E-state index in [4.69, 9.17) is 27.1 Å². The lowest BCUT2D eigenvalue weighted by molar-refractivity contribution is 0.0804. The molecule has 0 radical (unpaired) electrons. The molecule has 30 heavy (non-hydrogen) atoms. The van der Waals surface area contributed by atoms with Gasteiger partial charge in [0.25, 0.3) is 0 Å². The molecule has 0 bridgehead atoms.